The fourth-order valence-electron chi connectivity index (χ4n) is 3.63. The van der Waals surface area contributed by atoms with Crippen LogP contribution in [0.3, 0.4) is 0 Å². The van der Waals surface area contributed by atoms with E-state index in [1.807, 2.05) is 12.2 Å². The van der Waals surface area contributed by atoms with Gasteiger partial charge in [0.1, 0.15) is 5.76 Å². The normalized spacial score (nSPS) is 27.0. The van der Waals surface area contributed by atoms with E-state index in [2.05, 4.69) is 0 Å². The number of likely N-dealkylation sites (tertiary alicyclic amines) is 2. The van der Waals surface area contributed by atoms with Crippen LogP contribution in [0.1, 0.15) is 18.6 Å². The average molecular weight is 326 g/mol. The highest BCUT2D eigenvalue weighted by Crippen LogP contribution is 2.37. The second-order valence-corrected chi connectivity index (χ2v) is 6.45. The molecule has 1 aliphatic carbocycles. The Morgan fingerprint density at radius 2 is 1.79 bits per heavy atom. The third kappa shape index (κ3) is 2.38. The SMILES string of the molecule is O=C(/C=C/c1ccco1)N1CC(N2C(=O)C3CC=CCC3C2=O)C1. The number of furan rings is 1. The molecular formula is C18H18N2O4. The molecule has 2 saturated heterocycles. The van der Waals surface area contributed by atoms with Gasteiger partial charge in [-0.25, -0.2) is 0 Å². The van der Waals surface area contributed by atoms with E-state index < -0.39 is 0 Å². The van der Waals surface area contributed by atoms with Gasteiger partial charge < -0.3 is 9.32 Å². The van der Waals surface area contributed by atoms with Crippen molar-refractivity contribution < 1.29 is 18.8 Å². The first-order chi connectivity index (χ1) is 11.6. The molecule has 0 aromatic carbocycles. The van der Waals surface area contributed by atoms with Crippen molar-refractivity contribution in [2.45, 2.75) is 18.9 Å². The molecule has 1 aromatic heterocycles. The molecule has 3 amide bonds. The van der Waals surface area contributed by atoms with Gasteiger partial charge in [-0.05, 0) is 31.1 Å². The lowest BCUT2D eigenvalue weighted by atomic mass is 9.85. The quantitative estimate of drug-likeness (QED) is 0.479. The Morgan fingerprint density at radius 1 is 1.12 bits per heavy atom. The summed E-state index contributed by atoms with van der Waals surface area (Å²) in [4.78, 5) is 40.1. The predicted octanol–water partition coefficient (Wildman–Crippen LogP) is 1.45. The number of carbonyl (C=O) groups is 3. The summed E-state index contributed by atoms with van der Waals surface area (Å²) in [7, 11) is 0. The van der Waals surface area contributed by atoms with Gasteiger partial charge in [-0.1, -0.05) is 12.2 Å². The van der Waals surface area contributed by atoms with Crippen molar-refractivity contribution in [3.8, 4) is 0 Å². The Morgan fingerprint density at radius 3 is 2.38 bits per heavy atom. The van der Waals surface area contributed by atoms with Gasteiger partial charge in [-0.2, -0.15) is 0 Å². The second-order valence-electron chi connectivity index (χ2n) is 6.45. The summed E-state index contributed by atoms with van der Waals surface area (Å²) in [5.74, 6) is -0.0740. The lowest BCUT2D eigenvalue weighted by Crippen LogP contribution is -2.62. The summed E-state index contributed by atoms with van der Waals surface area (Å²) in [6.45, 7) is 0.817. The minimum absolute atomic E-state index is 0.0717. The van der Waals surface area contributed by atoms with E-state index in [0.29, 0.717) is 31.7 Å². The number of hydrogen-bond donors (Lipinski definition) is 0. The molecule has 3 heterocycles. The molecular weight excluding hydrogens is 308 g/mol. The van der Waals surface area contributed by atoms with Gasteiger partial charge >= 0.3 is 0 Å². The van der Waals surface area contributed by atoms with Crippen LogP contribution in [0.4, 0.5) is 0 Å². The fourth-order valence-corrected chi connectivity index (χ4v) is 3.63. The van der Waals surface area contributed by atoms with Crippen LogP contribution in [-0.2, 0) is 14.4 Å². The van der Waals surface area contributed by atoms with Gasteiger partial charge in [0.2, 0.25) is 17.7 Å². The van der Waals surface area contributed by atoms with E-state index >= 15 is 0 Å². The number of nitrogens with zero attached hydrogens (tertiary/aromatic N) is 2. The van der Waals surface area contributed by atoms with Crippen molar-refractivity contribution in [1.82, 2.24) is 9.80 Å². The number of hydrogen-bond acceptors (Lipinski definition) is 4. The molecule has 2 unspecified atom stereocenters. The standard InChI is InChI=1S/C18H18N2O4/c21-16(8-7-13-4-3-9-24-13)19-10-12(11-19)20-17(22)14-5-1-2-6-15(14)18(20)23/h1-4,7-9,12,14-15H,5-6,10-11H2/b8-7+. The van der Waals surface area contributed by atoms with E-state index in [9.17, 15) is 14.4 Å². The van der Waals surface area contributed by atoms with Crippen LogP contribution in [0.15, 0.2) is 41.0 Å². The van der Waals surface area contributed by atoms with Crippen LogP contribution >= 0.6 is 0 Å². The molecule has 1 aromatic rings. The molecule has 124 valence electrons. The molecule has 6 nitrogen and oxygen atoms in total. The maximum absolute atomic E-state index is 12.5. The molecule has 0 radical (unpaired) electrons. The van der Waals surface area contributed by atoms with Gasteiger partial charge in [-0.15, -0.1) is 0 Å². The van der Waals surface area contributed by atoms with Gasteiger partial charge in [0.25, 0.3) is 0 Å². The van der Waals surface area contributed by atoms with Crippen LogP contribution in [0.2, 0.25) is 0 Å². The van der Waals surface area contributed by atoms with E-state index in [1.54, 1.807) is 29.4 Å². The Bertz CT molecular complexity index is 702. The zero-order valence-electron chi connectivity index (χ0n) is 13.1. The zero-order chi connectivity index (χ0) is 16.7. The molecule has 6 heteroatoms. The van der Waals surface area contributed by atoms with E-state index in [-0.39, 0.29) is 35.6 Å². The van der Waals surface area contributed by atoms with Gasteiger partial charge in [-0.3, -0.25) is 19.3 Å². The maximum Gasteiger partial charge on any atom is 0.246 e. The lowest BCUT2D eigenvalue weighted by Gasteiger charge is -2.42. The molecule has 4 rings (SSSR count). The number of imide groups is 1. The lowest BCUT2D eigenvalue weighted by molar-refractivity contribution is -0.151. The monoisotopic (exact) mass is 326 g/mol. The Hall–Kier alpha value is -2.63. The van der Waals surface area contributed by atoms with Gasteiger partial charge in [0.05, 0.1) is 24.1 Å². The number of rotatable bonds is 3. The summed E-state index contributed by atoms with van der Waals surface area (Å²) < 4.78 is 5.14. The van der Waals surface area contributed by atoms with E-state index in [1.165, 1.54) is 11.0 Å². The third-order valence-electron chi connectivity index (χ3n) is 5.01. The zero-order valence-corrected chi connectivity index (χ0v) is 13.1. The molecule has 0 spiro atoms. The largest absolute Gasteiger partial charge is 0.465 e. The maximum atomic E-state index is 12.5. The molecule has 3 aliphatic rings. The number of carbonyl (C=O) groups excluding carboxylic acids is 3. The second kappa shape index (κ2) is 5.78. The highest BCUT2D eigenvalue weighted by Gasteiger charge is 2.52. The van der Waals surface area contributed by atoms with Crippen molar-refractivity contribution in [2.75, 3.05) is 13.1 Å². The number of fused-ring (bicyclic) bond motifs is 1. The molecule has 2 atom stereocenters. The first kappa shape index (κ1) is 14.9. The van der Waals surface area contributed by atoms with Crippen molar-refractivity contribution >= 4 is 23.8 Å². The van der Waals surface area contributed by atoms with Gasteiger partial charge in [0, 0.05) is 19.2 Å². The summed E-state index contributed by atoms with van der Waals surface area (Å²) >= 11 is 0. The first-order valence-corrected chi connectivity index (χ1v) is 8.17. The smallest absolute Gasteiger partial charge is 0.246 e. The van der Waals surface area contributed by atoms with Crippen LogP contribution < -0.4 is 0 Å². The van der Waals surface area contributed by atoms with Crippen molar-refractivity contribution in [3.63, 3.8) is 0 Å². The van der Waals surface area contributed by atoms with Crippen LogP contribution in [-0.4, -0.2) is 46.7 Å². The average Bonchev–Trinajstić information content (AvgIpc) is 3.15. The van der Waals surface area contributed by atoms with Crippen molar-refractivity contribution in [3.05, 3.63) is 42.4 Å². The first-order valence-electron chi connectivity index (χ1n) is 8.17. The molecule has 24 heavy (non-hydrogen) atoms. The number of allylic oxidation sites excluding steroid dienone is 2. The van der Waals surface area contributed by atoms with Gasteiger partial charge in [0.15, 0.2) is 0 Å². The minimum Gasteiger partial charge on any atom is -0.465 e. The van der Waals surface area contributed by atoms with Crippen LogP contribution in [0.5, 0.6) is 0 Å². The Kier molecular flexibility index (Phi) is 3.59. The summed E-state index contributed by atoms with van der Waals surface area (Å²) in [6, 6.07) is 3.33. The number of amides is 3. The molecule has 0 bridgehead atoms. The van der Waals surface area contributed by atoms with Crippen LogP contribution in [0, 0.1) is 11.8 Å². The molecule has 0 N–H and O–H groups in total. The van der Waals surface area contributed by atoms with E-state index in [0.717, 1.165) is 0 Å². The summed E-state index contributed by atoms with van der Waals surface area (Å²) in [5, 5.41) is 0. The minimum atomic E-state index is -0.203. The van der Waals surface area contributed by atoms with E-state index in [4.69, 9.17) is 4.42 Å². The third-order valence-corrected chi connectivity index (χ3v) is 5.01. The highest BCUT2D eigenvalue weighted by molar-refractivity contribution is 6.06. The highest BCUT2D eigenvalue weighted by atomic mass is 16.3. The summed E-state index contributed by atoms with van der Waals surface area (Å²) in [6.07, 6.45) is 9.86. The predicted molar refractivity (Wildman–Crippen MR) is 85.3 cm³/mol. The molecule has 2 aliphatic heterocycles. The van der Waals surface area contributed by atoms with Crippen molar-refractivity contribution in [2.24, 2.45) is 11.8 Å². The Labute approximate surface area is 139 Å². The van der Waals surface area contributed by atoms with Crippen molar-refractivity contribution in [1.29, 1.82) is 0 Å². The topological polar surface area (TPSA) is 70.8 Å². The van der Waals surface area contributed by atoms with Crippen LogP contribution in [0.25, 0.3) is 6.08 Å². The Balaban J connectivity index is 1.36. The molecule has 2 fully saturated rings. The molecule has 0 saturated carbocycles. The fraction of sp³-hybridized carbons (Fsp3) is 0.389. The summed E-state index contributed by atoms with van der Waals surface area (Å²) in [5.41, 5.74) is 0.